The molecule has 4 heterocycles. The van der Waals surface area contributed by atoms with E-state index in [1.165, 1.54) is 14.3 Å². The summed E-state index contributed by atoms with van der Waals surface area (Å²) in [6, 6.07) is 4.71. The monoisotopic (exact) mass is 324 g/mol. The van der Waals surface area contributed by atoms with E-state index in [9.17, 15) is 0 Å². The van der Waals surface area contributed by atoms with Crippen molar-refractivity contribution in [2.24, 2.45) is 11.8 Å². The molecule has 0 aromatic carbocycles. The third kappa shape index (κ3) is 2.54. The number of hydrogen-bond acceptors (Lipinski definition) is 6. The average molecular weight is 324 g/mol. The van der Waals surface area contributed by atoms with Crippen molar-refractivity contribution in [2.75, 3.05) is 19.8 Å². The zero-order valence-electron chi connectivity index (χ0n) is 11.8. The van der Waals surface area contributed by atoms with E-state index < -0.39 is 0 Å². The van der Waals surface area contributed by atoms with Crippen LogP contribution in [0.3, 0.4) is 0 Å². The summed E-state index contributed by atoms with van der Waals surface area (Å²) in [6.45, 7) is 2.37. The number of fused-ring (bicyclic) bond motifs is 1. The third-order valence-electron chi connectivity index (χ3n) is 4.71. The number of thiophene rings is 2. The SMILES string of the molecule is NNC(c1cc2sccc2s1)C1CCOC2(CCOC2)C1. The van der Waals surface area contributed by atoms with Crippen LogP contribution in [0.5, 0.6) is 0 Å². The Morgan fingerprint density at radius 3 is 3.10 bits per heavy atom. The van der Waals surface area contributed by atoms with Gasteiger partial charge in [-0.05, 0) is 36.3 Å². The molecule has 0 aliphatic carbocycles. The Morgan fingerprint density at radius 2 is 2.33 bits per heavy atom. The van der Waals surface area contributed by atoms with Gasteiger partial charge in [0.05, 0.1) is 18.2 Å². The van der Waals surface area contributed by atoms with E-state index in [1.807, 2.05) is 11.3 Å². The molecular formula is C15H20N2O2S2. The molecule has 21 heavy (non-hydrogen) atoms. The number of nitrogens with one attached hydrogen (secondary N) is 1. The molecule has 4 rings (SSSR count). The highest BCUT2D eigenvalue weighted by Gasteiger charge is 2.43. The molecule has 4 nitrogen and oxygen atoms in total. The van der Waals surface area contributed by atoms with Crippen LogP contribution in [-0.2, 0) is 9.47 Å². The molecule has 0 amide bonds. The molecule has 0 bridgehead atoms. The van der Waals surface area contributed by atoms with Gasteiger partial charge in [0.25, 0.3) is 0 Å². The van der Waals surface area contributed by atoms with Crippen LogP contribution in [0.15, 0.2) is 17.5 Å². The van der Waals surface area contributed by atoms with Crippen molar-refractivity contribution in [3.05, 3.63) is 22.4 Å². The summed E-state index contributed by atoms with van der Waals surface area (Å²) in [5.41, 5.74) is 3.00. The highest BCUT2D eigenvalue weighted by Crippen LogP contribution is 2.43. The molecule has 2 aliphatic heterocycles. The molecule has 114 valence electrons. The first-order chi connectivity index (χ1) is 10.3. The van der Waals surface area contributed by atoms with Crippen LogP contribution in [-0.4, -0.2) is 25.4 Å². The van der Waals surface area contributed by atoms with Crippen molar-refractivity contribution in [1.82, 2.24) is 5.43 Å². The molecule has 2 saturated heterocycles. The lowest BCUT2D eigenvalue weighted by Gasteiger charge is -2.40. The fraction of sp³-hybridized carbons (Fsp3) is 0.600. The topological polar surface area (TPSA) is 56.5 Å². The van der Waals surface area contributed by atoms with Gasteiger partial charge in [0.1, 0.15) is 0 Å². The van der Waals surface area contributed by atoms with Gasteiger partial charge in [-0.2, -0.15) is 0 Å². The number of nitrogens with two attached hydrogens (primary N) is 1. The summed E-state index contributed by atoms with van der Waals surface area (Å²) in [5.74, 6) is 6.41. The van der Waals surface area contributed by atoms with Crippen LogP contribution in [0, 0.1) is 5.92 Å². The van der Waals surface area contributed by atoms with Crippen LogP contribution in [0.4, 0.5) is 0 Å². The van der Waals surface area contributed by atoms with Crippen molar-refractivity contribution in [1.29, 1.82) is 0 Å². The van der Waals surface area contributed by atoms with Crippen LogP contribution in [0.1, 0.15) is 30.2 Å². The van der Waals surface area contributed by atoms with Crippen LogP contribution < -0.4 is 11.3 Å². The molecule has 2 aliphatic rings. The fourth-order valence-electron chi connectivity index (χ4n) is 3.60. The molecule has 1 spiro atoms. The zero-order chi connectivity index (χ0) is 14.3. The van der Waals surface area contributed by atoms with Crippen LogP contribution in [0.2, 0.25) is 0 Å². The second kappa shape index (κ2) is 5.61. The first-order valence-corrected chi connectivity index (χ1v) is 9.14. The lowest BCUT2D eigenvalue weighted by Crippen LogP contribution is -2.45. The summed E-state index contributed by atoms with van der Waals surface area (Å²) in [6.07, 6.45) is 3.11. The fourth-order valence-corrected chi connectivity index (χ4v) is 5.88. The molecule has 0 radical (unpaired) electrons. The third-order valence-corrected chi connectivity index (χ3v) is 6.89. The Bertz CT molecular complexity index is 589. The smallest absolute Gasteiger partial charge is 0.0940 e. The molecule has 2 aromatic heterocycles. The van der Waals surface area contributed by atoms with E-state index in [1.54, 1.807) is 11.3 Å². The van der Waals surface area contributed by atoms with E-state index in [2.05, 4.69) is 22.9 Å². The summed E-state index contributed by atoms with van der Waals surface area (Å²) < 4.78 is 14.3. The minimum Gasteiger partial charge on any atom is -0.378 e. The number of ether oxygens (including phenoxy) is 2. The minimum atomic E-state index is -0.0628. The zero-order valence-corrected chi connectivity index (χ0v) is 13.5. The Labute approximate surface area is 132 Å². The van der Waals surface area contributed by atoms with Gasteiger partial charge in [0.15, 0.2) is 0 Å². The molecular weight excluding hydrogens is 304 g/mol. The second-order valence-corrected chi connectivity index (χ2v) is 8.09. The van der Waals surface area contributed by atoms with E-state index in [0.717, 1.165) is 39.1 Å². The van der Waals surface area contributed by atoms with Crippen molar-refractivity contribution >= 4 is 32.1 Å². The Morgan fingerprint density at radius 1 is 1.38 bits per heavy atom. The molecule has 2 fully saturated rings. The first-order valence-electron chi connectivity index (χ1n) is 7.44. The van der Waals surface area contributed by atoms with Crippen LogP contribution >= 0.6 is 22.7 Å². The average Bonchev–Trinajstić information content (AvgIpc) is 3.16. The van der Waals surface area contributed by atoms with Crippen molar-refractivity contribution in [3.8, 4) is 0 Å². The molecule has 6 heteroatoms. The van der Waals surface area contributed by atoms with Gasteiger partial charge >= 0.3 is 0 Å². The predicted molar refractivity (Wildman–Crippen MR) is 86.6 cm³/mol. The van der Waals surface area contributed by atoms with Gasteiger partial charge in [-0.15, -0.1) is 22.7 Å². The predicted octanol–water partition coefficient (Wildman–Crippen LogP) is 3.05. The van der Waals surface area contributed by atoms with Crippen molar-refractivity contribution < 1.29 is 9.47 Å². The second-order valence-electron chi connectivity index (χ2n) is 6.03. The minimum absolute atomic E-state index is 0.0628. The van der Waals surface area contributed by atoms with Gasteiger partial charge in [-0.3, -0.25) is 11.3 Å². The molecule has 3 atom stereocenters. The lowest BCUT2D eigenvalue weighted by atomic mass is 9.81. The molecule has 2 aromatic rings. The van der Waals surface area contributed by atoms with Gasteiger partial charge in [0.2, 0.25) is 0 Å². The highest BCUT2D eigenvalue weighted by atomic mass is 32.1. The van der Waals surface area contributed by atoms with Gasteiger partial charge in [-0.25, -0.2) is 0 Å². The summed E-state index contributed by atoms with van der Waals surface area (Å²) in [4.78, 5) is 1.35. The largest absolute Gasteiger partial charge is 0.378 e. The first kappa shape index (κ1) is 14.1. The number of rotatable bonds is 3. The number of hydrogen-bond donors (Lipinski definition) is 2. The Hall–Kier alpha value is -0.500. The standard InChI is InChI=1S/C15H20N2O2S2/c16-17-14(13-7-12-11(21-13)2-6-20-12)10-1-4-19-15(8-10)3-5-18-9-15/h2,6-7,10,14,17H,1,3-5,8-9,16H2. The van der Waals surface area contributed by atoms with E-state index in [4.69, 9.17) is 15.3 Å². The highest BCUT2D eigenvalue weighted by molar-refractivity contribution is 7.26. The molecule has 0 saturated carbocycles. The number of hydrazine groups is 1. The molecule has 3 unspecified atom stereocenters. The maximum Gasteiger partial charge on any atom is 0.0940 e. The Kier molecular flexibility index (Phi) is 3.77. The quantitative estimate of drug-likeness (QED) is 0.673. The Balaban J connectivity index is 1.58. The van der Waals surface area contributed by atoms with Gasteiger partial charge < -0.3 is 9.47 Å². The summed E-state index contributed by atoms with van der Waals surface area (Å²) in [5, 5.41) is 2.15. The van der Waals surface area contributed by atoms with E-state index in [0.29, 0.717) is 5.92 Å². The normalized spacial score (nSPS) is 31.2. The molecule has 3 N–H and O–H groups in total. The summed E-state index contributed by atoms with van der Waals surface area (Å²) in [7, 11) is 0. The van der Waals surface area contributed by atoms with E-state index >= 15 is 0 Å². The van der Waals surface area contributed by atoms with Crippen molar-refractivity contribution in [3.63, 3.8) is 0 Å². The lowest BCUT2D eigenvalue weighted by molar-refractivity contribution is -0.103. The summed E-state index contributed by atoms with van der Waals surface area (Å²) >= 11 is 3.66. The van der Waals surface area contributed by atoms with Gasteiger partial charge in [-0.1, -0.05) is 0 Å². The van der Waals surface area contributed by atoms with Crippen molar-refractivity contribution in [2.45, 2.75) is 30.9 Å². The van der Waals surface area contributed by atoms with Gasteiger partial charge in [0, 0.05) is 33.9 Å². The maximum atomic E-state index is 6.04. The van der Waals surface area contributed by atoms with Crippen LogP contribution in [0.25, 0.3) is 9.40 Å². The maximum absolute atomic E-state index is 6.04. The van der Waals surface area contributed by atoms with E-state index in [-0.39, 0.29) is 11.6 Å².